The third-order valence-corrected chi connectivity index (χ3v) is 2.44. The van der Waals surface area contributed by atoms with E-state index in [1.165, 1.54) is 12.8 Å². The van der Waals surface area contributed by atoms with E-state index in [1.807, 2.05) is 24.3 Å². The second-order valence-corrected chi connectivity index (χ2v) is 3.88. The molecule has 0 atom stereocenters. The molecule has 2 rings (SSSR count). The Morgan fingerprint density at radius 2 is 2.20 bits per heavy atom. The first-order valence-electron chi connectivity index (χ1n) is 5.29. The van der Waals surface area contributed by atoms with Crippen molar-refractivity contribution in [2.75, 3.05) is 13.4 Å². The maximum Gasteiger partial charge on any atom is 0.189 e. The average Bonchev–Trinajstić information content (AvgIpc) is 3.09. The summed E-state index contributed by atoms with van der Waals surface area (Å²) in [6, 6.07) is 7.40. The van der Waals surface area contributed by atoms with Gasteiger partial charge >= 0.3 is 0 Å². The lowest BCUT2D eigenvalue weighted by atomic mass is 10.2. The van der Waals surface area contributed by atoms with E-state index < -0.39 is 0 Å². The smallest absolute Gasteiger partial charge is 0.189 e. The number of benzene rings is 1. The fraction of sp³-hybridized carbons (Fsp3) is 0.500. The van der Waals surface area contributed by atoms with Gasteiger partial charge in [0.05, 0.1) is 13.2 Å². The van der Waals surface area contributed by atoms with Crippen LogP contribution in [0, 0.1) is 5.92 Å². The van der Waals surface area contributed by atoms with E-state index in [1.54, 1.807) is 0 Å². The lowest BCUT2D eigenvalue weighted by molar-refractivity contribution is 0.00990. The van der Waals surface area contributed by atoms with Crippen molar-refractivity contribution in [1.82, 2.24) is 0 Å². The van der Waals surface area contributed by atoms with Gasteiger partial charge in [0, 0.05) is 0 Å². The van der Waals surface area contributed by atoms with Gasteiger partial charge in [-0.05, 0) is 36.5 Å². The molecular weight excluding hydrogens is 192 g/mol. The minimum Gasteiger partial charge on any atom is -0.468 e. The molecule has 82 valence electrons. The van der Waals surface area contributed by atoms with Crippen LogP contribution in [0.5, 0.6) is 5.75 Å². The van der Waals surface area contributed by atoms with Gasteiger partial charge in [-0.15, -0.1) is 0 Å². The Bertz CT molecular complexity index is 307. The predicted molar refractivity (Wildman–Crippen MR) is 56.5 cm³/mol. The van der Waals surface area contributed by atoms with Crippen molar-refractivity contribution in [3.8, 4) is 5.75 Å². The van der Waals surface area contributed by atoms with Gasteiger partial charge in [-0.1, -0.05) is 12.1 Å². The molecule has 1 fully saturated rings. The predicted octanol–water partition coefficient (Wildman–Crippen LogP) is 1.94. The highest BCUT2D eigenvalue weighted by molar-refractivity contribution is 5.27. The Morgan fingerprint density at radius 1 is 1.33 bits per heavy atom. The Balaban J connectivity index is 1.71. The molecule has 0 radical (unpaired) electrons. The maximum absolute atomic E-state index is 8.93. The molecule has 3 heteroatoms. The van der Waals surface area contributed by atoms with Crippen molar-refractivity contribution >= 4 is 0 Å². The molecule has 0 saturated heterocycles. The molecule has 1 aromatic rings. The van der Waals surface area contributed by atoms with Crippen molar-refractivity contribution in [2.24, 2.45) is 5.92 Å². The molecular formula is C12H16O3. The first kappa shape index (κ1) is 10.5. The third kappa shape index (κ3) is 3.53. The standard InChI is InChI=1S/C12H16O3/c13-7-11-2-1-3-12(6-11)15-9-14-8-10-4-5-10/h1-3,6,10,13H,4-5,7-9H2. The molecule has 0 bridgehead atoms. The van der Waals surface area contributed by atoms with Gasteiger partial charge in [-0.3, -0.25) is 0 Å². The largest absolute Gasteiger partial charge is 0.468 e. The van der Waals surface area contributed by atoms with Crippen molar-refractivity contribution in [2.45, 2.75) is 19.4 Å². The molecule has 15 heavy (non-hydrogen) atoms. The van der Waals surface area contributed by atoms with Gasteiger partial charge in [0.1, 0.15) is 5.75 Å². The van der Waals surface area contributed by atoms with Gasteiger partial charge in [0.25, 0.3) is 0 Å². The summed E-state index contributed by atoms with van der Waals surface area (Å²) in [5.41, 5.74) is 0.856. The zero-order valence-corrected chi connectivity index (χ0v) is 8.69. The summed E-state index contributed by atoms with van der Waals surface area (Å²) in [7, 11) is 0. The number of aliphatic hydroxyl groups excluding tert-OH is 1. The van der Waals surface area contributed by atoms with Gasteiger partial charge in [0.2, 0.25) is 0 Å². The van der Waals surface area contributed by atoms with Crippen LogP contribution in [0.15, 0.2) is 24.3 Å². The fourth-order valence-electron chi connectivity index (χ4n) is 1.34. The van der Waals surface area contributed by atoms with Gasteiger partial charge in [-0.2, -0.15) is 0 Å². The monoisotopic (exact) mass is 208 g/mol. The summed E-state index contributed by atoms with van der Waals surface area (Å²) >= 11 is 0. The van der Waals surface area contributed by atoms with Gasteiger partial charge in [-0.25, -0.2) is 0 Å². The lowest BCUT2D eigenvalue weighted by Crippen LogP contribution is -2.05. The number of ether oxygens (including phenoxy) is 2. The zero-order chi connectivity index (χ0) is 10.5. The zero-order valence-electron chi connectivity index (χ0n) is 8.69. The van der Waals surface area contributed by atoms with Crippen LogP contribution in [0.3, 0.4) is 0 Å². The molecule has 1 N–H and O–H groups in total. The van der Waals surface area contributed by atoms with Gasteiger partial charge < -0.3 is 14.6 Å². The average molecular weight is 208 g/mol. The van der Waals surface area contributed by atoms with Crippen LogP contribution in [-0.4, -0.2) is 18.5 Å². The summed E-state index contributed by atoms with van der Waals surface area (Å²) in [6.45, 7) is 1.14. The first-order chi connectivity index (χ1) is 7.38. The fourth-order valence-corrected chi connectivity index (χ4v) is 1.34. The molecule has 0 aliphatic heterocycles. The summed E-state index contributed by atoms with van der Waals surface area (Å²) in [5, 5.41) is 8.93. The Kier molecular flexibility index (Phi) is 3.59. The highest BCUT2D eigenvalue weighted by atomic mass is 16.7. The quantitative estimate of drug-likeness (QED) is 0.573. The van der Waals surface area contributed by atoms with Gasteiger partial charge in [0.15, 0.2) is 6.79 Å². The topological polar surface area (TPSA) is 38.7 Å². The molecule has 3 nitrogen and oxygen atoms in total. The van der Waals surface area contributed by atoms with Crippen molar-refractivity contribution in [3.63, 3.8) is 0 Å². The molecule has 0 spiro atoms. The third-order valence-electron chi connectivity index (χ3n) is 2.44. The van der Waals surface area contributed by atoms with E-state index in [-0.39, 0.29) is 6.61 Å². The second-order valence-electron chi connectivity index (χ2n) is 3.88. The second kappa shape index (κ2) is 5.14. The molecule has 1 saturated carbocycles. The Labute approximate surface area is 89.6 Å². The lowest BCUT2D eigenvalue weighted by Gasteiger charge is -2.07. The minimum absolute atomic E-state index is 0.0418. The SMILES string of the molecule is OCc1cccc(OCOCC2CC2)c1. The van der Waals surface area contributed by atoms with E-state index in [9.17, 15) is 0 Å². The van der Waals surface area contributed by atoms with Crippen molar-refractivity contribution in [3.05, 3.63) is 29.8 Å². The molecule has 1 aromatic carbocycles. The summed E-state index contributed by atoms with van der Waals surface area (Å²) in [6.07, 6.45) is 2.58. The van der Waals surface area contributed by atoms with Crippen molar-refractivity contribution < 1.29 is 14.6 Å². The highest BCUT2D eigenvalue weighted by Crippen LogP contribution is 2.28. The molecule has 1 aliphatic carbocycles. The van der Waals surface area contributed by atoms with E-state index >= 15 is 0 Å². The van der Waals surface area contributed by atoms with E-state index in [2.05, 4.69) is 0 Å². The number of hydrogen-bond acceptors (Lipinski definition) is 3. The summed E-state index contributed by atoms with van der Waals surface area (Å²) < 4.78 is 10.7. The normalized spacial score (nSPS) is 15.3. The van der Waals surface area contributed by atoms with Crippen LogP contribution in [0.2, 0.25) is 0 Å². The van der Waals surface area contributed by atoms with Crippen LogP contribution in [0.1, 0.15) is 18.4 Å². The number of rotatable bonds is 6. The molecule has 0 heterocycles. The molecule has 0 amide bonds. The molecule has 0 unspecified atom stereocenters. The van der Waals surface area contributed by atoms with Crippen LogP contribution in [-0.2, 0) is 11.3 Å². The maximum atomic E-state index is 8.93. The molecule has 1 aliphatic rings. The van der Waals surface area contributed by atoms with E-state index in [0.29, 0.717) is 6.79 Å². The van der Waals surface area contributed by atoms with Crippen LogP contribution in [0.4, 0.5) is 0 Å². The Morgan fingerprint density at radius 3 is 2.93 bits per heavy atom. The van der Waals surface area contributed by atoms with Crippen LogP contribution >= 0.6 is 0 Å². The van der Waals surface area contributed by atoms with Crippen LogP contribution < -0.4 is 4.74 Å². The summed E-state index contributed by atoms with van der Waals surface area (Å²) in [5.74, 6) is 1.51. The number of aliphatic hydroxyl groups is 1. The van der Waals surface area contributed by atoms with Crippen LogP contribution in [0.25, 0.3) is 0 Å². The highest BCUT2D eigenvalue weighted by Gasteiger charge is 2.20. The Hall–Kier alpha value is -1.06. The van der Waals surface area contributed by atoms with Crippen molar-refractivity contribution in [1.29, 1.82) is 0 Å². The first-order valence-corrected chi connectivity index (χ1v) is 5.29. The molecule has 0 aromatic heterocycles. The minimum atomic E-state index is 0.0418. The van der Waals surface area contributed by atoms with E-state index in [4.69, 9.17) is 14.6 Å². The number of hydrogen-bond donors (Lipinski definition) is 1. The van der Waals surface area contributed by atoms with E-state index in [0.717, 1.165) is 23.8 Å². The summed E-state index contributed by atoms with van der Waals surface area (Å²) in [4.78, 5) is 0.